The third-order valence-corrected chi connectivity index (χ3v) is 3.25. The highest BCUT2D eigenvalue weighted by Gasteiger charge is 2.37. The SMILES string of the molecule is CCOC(=O)C1CN(C(=O)OC(C)(C)C)Cc2cn(C)nc21. The molecule has 0 bridgehead atoms. The largest absolute Gasteiger partial charge is 0.465 e. The summed E-state index contributed by atoms with van der Waals surface area (Å²) < 4.78 is 12.2. The average molecular weight is 309 g/mol. The van der Waals surface area contributed by atoms with Crippen molar-refractivity contribution in [3.8, 4) is 0 Å². The van der Waals surface area contributed by atoms with Gasteiger partial charge < -0.3 is 14.4 Å². The minimum Gasteiger partial charge on any atom is -0.465 e. The van der Waals surface area contributed by atoms with Crippen molar-refractivity contribution in [1.29, 1.82) is 0 Å². The Morgan fingerprint density at radius 1 is 1.41 bits per heavy atom. The van der Waals surface area contributed by atoms with Gasteiger partial charge in [0.1, 0.15) is 11.5 Å². The number of carbonyl (C=O) groups is 2. The molecule has 0 radical (unpaired) electrons. The average Bonchev–Trinajstić information content (AvgIpc) is 2.75. The molecule has 22 heavy (non-hydrogen) atoms. The monoisotopic (exact) mass is 309 g/mol. The Kier molecular flexibility index (Phi) is 4.44. The van der Waals surface area contributed by atoms with E-state index in [1.165, 1.54) is 4.90 Å². The van der Waals surface area contributed by atoms with Gasteiger partial charge in [-0.1, -0.05) is 0 Å². The second-order valence-corrected chi connectivity index (χ2v) is 6.38. The highest BCUT2D eigenvalue weighted by molar-refractivity contribution is 5.80. The quantitative estimate of drug-likeness (QED) is 0.779. The number of esters is 1. The van der Waals surface area contributed by atoms with Crippen LogP contribution in [0.4, 0.5) is 4.79 Å². The predicted molar refractivity (Wildman–Crippen MR) is 79.2 cm³/mol. The van der Waals surface area contributed by atoms with Crippen molar-refractivity contribution in [2.75, 3.05) is 13.2 Å². The van der Waals surface area contributed by atoms with Gasteiger partial charge in [-0.3, -0.25) is 9.48 Å². The van der Waals surface area contributed by atoms with Crippen molar-refractivity contribution < 1.29 is 19.1 Å². The summed E-state index contributed by atoms with van der Waals surface area (Å²) in [6.45, 7) is 8.09. The van der Waals surface area contributed by atoms with Gasteiger partial charge in [-0.2, -0.15) is 5.10 Å². The second kappa shape index (κ2) is 5.98. The maximum absolute atomic E-state index is 12.3. The number of carbonyl (C=O) groups excluding carboxylic acids is 2. The van der Waals surface area contributed by atoms with Crippen LogP contribution >= 0.6 is 0 Å². The molecule has 1 aromatic heterocycles. The van der Waals surface area contributed by atoms with E-state index in [2.05, 4.69) is 5.10 Å². The zero-order chi connectivity index (χ0) is 16.5. The van der Waals surface area contributed by atoms with Gasteiger partial charge in [0.15, 0.2) is 0 Å². The standard InChI is InChI=1S/C15H23N3O4/c1-6-21-13(19)11-9-18(14(20)22-15(2,3)4)8-10-7-17(5)16-12(10)11/h7,11H,6,8-9H2,1-5H3. The van der Waals surface area contributed by atoms with E-state index in [1.54, 1.807) is 18.7 Å². The lowest BCUT2D eigenvalue weighted by Gasteiger charge is -2.32. The minimum atomic E-state index is -0.578. The summed E-state index contributed by atoms with van der Waals surface area (Å²) in [5.41, 5.74) is 0.949. The fourth-order valence-electron chi connectivity index (χ4n) is 2.44. The maximum Gasteiger partial charge on any atom is 0.410 e. The van der Waals surface area contributed by atoms with Crippen LogP contribution in [0.1, 0.15) is 44.9 Å². The molecule has 1 unspecified atom stereocenters. The van der Waals surface area contributed by atoms with Gasteiger partial charge in [-0.25, -0.2) is 4.79 Å². The molecule has 0 aliphatic carbocycles. The molecule has 7 nitrogen and oxygen atoms in total. The Balaban J connectivity index is 2.24. The minimum absolute atomic E-state index is 0.220. The number of hydrogen-bond donors (Lipinski definition) is 0. The molecule has 1 aliphatic rings. The van der Waals surface area contributed by atoms with E-state index >= 15 is 0 Å². The van der Waals surface area contributed by atoms with Crippen molar-refractivity contribution in [1.82, 2.24) is 14.7 Å². The first-order valence-corrected chi connectivity index (χ1v) is 7.38. The van der Waals surface area contributed by atoms with Gasteiger partial charge in [-0.15, -0.1) is 0 Å². The molecule has 122 valence electrons. The van der Waals surface area contributed by atoms with Crippen LogP contribution in [0.5, 0.6) is 0 Å². The number of rotatable bonds is 2. The lowest BCUT2D eigenvalue weighted by atomic mass is 9.97. The van der Waals surface area contributed by atoms with Crippen LogP contribution in [0.3, 0.4) is 0 Å². The van der Waals surface area contributed by atoms with Crippen molar-refractivity contribution in [3.63, 3.8) is 0 Å². The number of nitrogens with zero attached hydrogens (tertiary/aromatic N) is 3. The predicted octanol–water partition coefficient (Wildman–Crippen LogP) is 1.82. The first kappa shape index (κ1) is 16.3. The lowest BCUT2D eigenvalue weighted by molar-refractivity contribution is -0.145. The molecule has 2 heterocycles. The molecule has 1 aliphatic heterocycles. The number of amides is 1. The summed E-state index contributed by atoms with van der Waals surface area (Å²) in [7, 11) is 1.79. The van der Waals surface area contributed by atoms with Gasteiger partial charge >= 0.3 is 12.1 Å². The van der Waals surface area contributed by atoms with Crippen molar-refractivity contribution >= 4 is 12.1 Å². The Labute approximate surface area is 130 Å². The van der Waals surface area contributed by atoms with Gasteiger partial charge in [-0.05, 0) is 27.7 Å². The van der Waals surface area contributed by atoms with Gasteiger partial charge in [0.25, 0.3) is 0 Å². The van der Waals surface area contributed by atoms with Crippen LogP contribution in [0.25, 0.3) is 0 Å². The maximum atomic E-state index is 12.3. The normalized spacial score (nSPS) is 17.9. The fraction of sp³-hybridized carbons (Fsp3) is 0.667. The van der Waals surface area contributed by atoms with Gasteiger partial charge in [0.05, 0.1) is 18.8 Å². The van der Waals surface area contributed by atoms with Crippen molar-refractivity contribution in [2.24, 2.45) is 7.05 Å². The first-order chi connectivity index (χ1) is 10.2. The summed E-state index contributed by atoms with van der Waals surface area (Å²) in [4.78, 5) is 26.0. The summed E-state index contributed by atoms with van der Waals surface area (Å²) in [6, 6.07) is 0. The molecular formula is C15H23N3O4. The zero-order valence-electron chi connectivity index (χ0n) is 13.8. The van der Waals surface area contributed by atoms with Crippen LogP contribution in [-0.4, -0.2) is 45.5 Å². The Morgan fingerprint density at radius 3 is 2.68 bits per heavy atom. The van der Waals surface area contributed by atoms with Crippen molar-refractivity contribution in [3.05, 3.63) is 17.5 Å². The van der Waals surface area contributed by atoms with Crippen LogP contribution in [0.15, 0.2) is 6.20 Å². The smallest absolute Gasteiger partial charge is 0.410 e. The van der Waals surface area contributed by atoms with Crippen LogP contribution < -0.4 is 0 Å². The van der Waals surface area contributed by atoms with Crippen molar-refractivity contribution in [2.45, 2.75) is 45.8 Å². The zero-order valence-corrected chi connectivity index (χ0v) is 13.8. The summed E-state index contributed by atoms with van der Waals surface area (Å²) in [6.07, 6.45) is 1.38. The molecule has 1 atom stereocenters. The third kappa shape index (κ3) is 3.58. The van der Waals surface area contributed by atoms with E-state index in [0.717, 1.165) is 5.56 Å². The van der Waals surface area contributed by atoms with E-state index in [-0.39, 0.29) is 12.5 Å². The van der Waals surface area contributed by atoms with E-state index in [0.29, 0.717) is 18.8 Å². The first-order valence-electron chi connectivity index (χ1n) is 7.38. The van der Waals surface area contributed by atoms with E-state index in [4.69, 9.17) is 9.47 Å². The Morgan fingerprint density at radius 2 is 2.09 bits per heavy atom. The highest BCUT2D eigenvalue weighted by atomic mass is 16.6. The summed E-state index contributed by atoms with van der Waals surface area (Å²) >= 11 is 0. The second-order valence-electron chi connectivity index (χ2n) is 6.38. The Bertz CT molecular complexity index is 574. The molecule has 0 aromatic carbocycles. The fourth-order valence-corrected chi connectivity index (χ4v) is 2.44. The van der Waals surface area contributed by atoms with Crippen LogP contribution in [0, 0.1) is 0 Å². The molecule has 0 fully saturated rings. The summed E-state index contributed by atoms with van der Waals surface area (Å²) in [5, 5.41) is 4.34. The molecule has 1 aromatic rings. The number of ether oxygens (including phenoxy) is 2. The molecule has 0 saturated heterocycles. The van der Waals surface area contributed by atoms with E-state index in [1.807, 2.05) is 27.0 Å². The Hall–Kier alpha value is -2.05. The topological polar surface area (TPSA) is 73.7 Å². The molecule has 0 spiro atoms. The molecule has 2 rings (SSSR count). The molecule has 0 saturated carbocycles. The third-order valence-electron chi connectivity index (χ3n) is 3.25. The number of aryl methyl sites for hydroxylation is 1. The lowest BCUT2D eigenvalue weighted by Crippen LogP contribution is -2.43. The molecule has 0 N–H and O–H groups in total. The van der Waals surface area contributed by atoms with Gasteiger partial charge in [0.2, 0.25) is 0 Å². The van der Waals surface area contributed by atoms with Gasteiger partial charge in [0, 0.05) is 25.4 Å². The summed E-state index contributed by atoms with van der Waals surface area (Å²) in [5.74, 6) is -0.937. The molecular weight excluding hydrogens is 286 g/mol. The van der Waals surface area contributed by atoms with Crippen LogP contribution in [-0.2, 0) is 27.9 Å². The number of hydrogen-bond acceptors (Lipinski definition) is 5. The van der Waals surface area contributed by atoms with E-state index < -0.39 is 17.6 Å². The number of fused-ring (bicyclic) bond motifs is 1. The molecule has 1 amide bonds. The molecule has 7 heteroatoms. The van der Waals surface area contributed by atoms with E-state index in [9.17, 15) is 9.59 Å². The highest BCUT2D eigenvalue weighted by Crippen LogP contribution is 2.29. The number of aromatic nitrogens is 2. The van der Waals surface area contributed by atoms with Crippen LogP contribution in [0.2, 0.25) is 0 Å².